The molecule has 1 aromatic rings. The first-order valence-corrected chi connectivity index (χ1v) is 6.48. The van der Waals surface area contributed by atoms with Crippen molar-refractivity contribution in [3.05, 3.63) is 17.7 Å². The average molecular weight is 266 g/mol. The highest BCUT2D eigenvalue weighted by Crippen LogP contribution is 2.38. The van der Waals surface area contributed by atoms with Gasteiger partial charge in [-0.05, 0) is 23.6 Å². The van der Waals surface area contributed by atoms with Gasteiger partial charge >= 0.3 is 0 Å². The monoisotopic (exact) mass is 266 g/mol. The molecule has 1 aromatic carbocycles. The second kappa shape index (κ2) is 6.63. The van der Waals surface area contributed by atoms with E-state index in [0.717, 1.165) is 37.7 Å². The second-order valence-electron chi connectivity index (χ2n) is 4.69. The van der Waals surface area contributed by atoms with Crippen LogP contribution in [0, 0.1) is 5.92 Å². The molecule has 0 unspecified atom stereocenters. The summed E-state index contributed by atoms with van der Waals surface area (Å²) >= 11 is 0. The fraction of sp³-hybridized carbons (Fsp3) is 0.571. The van der Waals surface area contributed by atoms with Crippen molar-refractivity contribution < 1.29 is 14.2 Å². The van der Waals surface area contributed by atoms with Crippen LogP contribution in [0.3, 0.4) is 0 Å². The van der Waals surface area contributed by atoms with Crippen LogP contribution >= 0.6 is 0 Å². The molecule has 1 heterocycles. The van der Waals surface area contributed by atoms with E-state index < -0.39 is 0 Å². The third-order valence-corrected chi connectivity index (χ3v) is 3.35. The molecule has 0 atom stereocenters. The van der Waals surface area contributed by atoms with Gasteiger partial charge in [-0.15, -0.1) is 0 Å². The zero-order valence-corrected chi connectivity index (χ0v) is 11.8. The summed E-state index contributed by atoms with van der Waals surface area (Å²) < 4.78 is 16.0. The highest BCUT2D eigenvalue weighted by Gasteiger charge is 2.16. The first kappa shape index (κ1) is 14.0. The Morgan fingerprint density at radius 2 is 1.74 bits per heavy atom. The Kier molecular flexibility index (Phi) is 4.87. The van der Waals surface area contributed by atoms with Crippen LogP contribution in [0.5, 0.6) is 17.2 Å². The largest absolute Gasteiger partial charge is 0.493 e. The summed E-state index contributed by atoms with van der Waals surface area (Å²) in [5, 5.41) is 6.72. The quantitative estimate of drug-likeness (QED) is 0.772. The topological polar surface area (TPSA) is 51.8 Å². The van der Waals surface area contributed by atoms with Crippen molar-refractivity contribution in [3.63, 3.8) is 0 Å². The molecule has 1 aliphatic rings. The molecule has 0 aromatic heterocycles. The van der Waals surface area contributed by atoms with Crippen LogP contribution in [0.1, 0.15) is 5.56 Å². The van der Waals surface area contributed by atoms with Gasteiger partial charge in [-0.3, -0.25) is 0 Å². The van der Waals surface area contributed by atoms with Crippen molar-refractivity contribution in [3.8, 4) is 17.2 Å². The molecule has 5 nitrogen and oxygen atoms in total. The van der Waals surface area contributed by atoms with Crippen LogP contribution in [-0.2, 0) is 6.54 Å². The minimum Gasteiger partial charge on any atom is -0.493 e. The normalized spacial score (nSPS) is 14.9. The summed E-state index contributed by atoms with van der Waals surface area (Å²) in [5.74, 6) is 2.78. The molecule has 0 aliphatic carbocycles. The SMILES string of the molecule is COc1cc(CNCC2CNC2)cc(OC)c1OC. The van der Waals surface area contributed by atoms with E-state index in [9.17, 15) is 0 Å². The number of ether oxygens (including phenoxy) is 3. The molecule has 2 N–H and O–H groups in total. The van der Waals surface area contributed by atoms with E-state index in [2.05, 4.69) is 10.6 Å². The van der Waals surface area contributed by atoms with Crippen LogP contribution in [-0.4, -0.2) is 41.0 Å². The molecule has 5 heteroatoms. The van der Waals surface area contributed by atoms with Gasteiger partial charge in [-0.2, -0.15) is 0 Å². The number of benzene rings is 1. The second-order valence-corrected chi connectivity index (χ2v) is 4.69. The molecular formula is C14H22N2O3. The lowest BCUT2D eigenvalue weighted by Crippen LogP contribution is -2.47. The predicted molar refractivity (Wildman–Crippen MR) is 74.2 cm³/mol. The predicted octanol–water partition coefficient (Wildman–Crippen LogP) is 1.02. The molecule has 1 saturated heterocycles. The number of hydrogen-bond acceptors (Lipinski definition) is 5. The van der Waals surface area contributed by atoms with Crippen molar-refractivity contribution in [2.24, 2.45) is 5.92 Å². The van der Waals surface area contributed by atoms with Crippen molar-refractivity contribution >= 4 is 0 Å². The standard InChI is InChI=1S/C14H22N2O3/c1-17-12-4-10(5-13(18-2)14(12)19-3)6-15-7-11-8-16-9-11/h4-5,11,15-16H,6-9H2,1-3H3. The van der Waals surface area contributed by atoms with Crippen LogP contribution < -0.4 is 24.8 Å². The fourth-order valence-corrected chi connectivity index (χ4v) is 2.15. The maximum Gasteiger partial charge on any atom is 0.203 e. The third-order valence-electron chi connectivity index (χ3n) is 3.35. The van der Waals surface area contributed by atoms with E-state index in [1.807, 2.05) is 12.1 Å². The molecule has 0 radical (unpaired) electrons. The van der Waals surface area contributed by atoms with E-state index in [-0.39, 0.29) is 0 Å². The Balaban J connectivity index is 2.02. The van der Waals surface area contributed by atoms with E-state index >= 15 is 0 Å². The van der Waals surface area contributed by atoms with E-state index in [1.54, 1.807) is 21.3 Å². The molecule has 0 saturated carbocycles. The number of methoxy groups -OCH3 is 3. The van der Waals surface area contributed by atoms with Gasteiger partial charge in [-0.25, -0.2) is 0 Å². The van der Waals surface area contributed by atoms with Gasteiger partial charge in [0.2, 0.25) is 5.75 Å². The molecule has 0 spiro atoms. The summed E-state index contributed by atoms with van der Waals surface area (Å²) in [6.07, 6.45) is 0. The maximum atomic E-state index is 5.34. The molecule has 19 heavy (non-hydrogen) atoms. The summed E-state index contributed by atoms with van der Waals surface area (Å²) in [7, 11) is 4.88. The van der Waals surface area contributed by atoms with Gasteiger partial charge in [0.1, 0.15) is 0 Å². The molecule has 0 amide bonds. The highest BCUT2D eigenvalue weighted by atomic mass is 16.5. The van der Waals surface area contributed by atoms with Gasteiger partial charge < -0.3 is 24.8 Å². The number of nitrogens with one attached hydrogen (secondary N) is 2. The van der Waals surface area contributed by atoms with Crippen molar-refractivity contribution in [1.82, 2.24) is 10.6 Å². The summed E-state index contributed by atoms with van der Waals surface area (Å²) in [5.41, 5.74) is 1.13. The fourth-order valence-electron chi connectivity index (χ4n) is 2.15. The van der Waals surface area contributed by atoms with E-state index in [0.29, 0.717) is 17.2 Å². The summed E-state index contributed by atoms with van der Waals surface area (Å²) in [6, 6.07) is 3.96. The van der Waals surface area contributed by atoms with Gasteiger partial charge in [0.25, 0.3) is 0 Å². The zero-order chi connectivity index (χ0) is 13.7. The van der Waals surface area contributed by atoms with E-state index in [4.69, 9.17) is 14.2 Å². The first-order valence-electron chi connectivity index (χ1n) is 6.48. The van der Waals surface area contributed by atoms with Crippen LogP contribution in [0.2, 0.25) is 0 Å². The summed E-state index contributed by atoms with van der Waals surface area (Å²) in [6.45, 7) is 4.06. The van der Waals surface area contributed by atoms with Crippen LogP contribution in [0.4, 0.5) is 0 Å². The molecule has 1 fully saturated rings. The lowest BCUT2D eigenvalue weighted by atomic mass is 10.0. The molecule has 106 valence electrons. The Hall–Kier alpha value is -1.46. The van der Waals surface area contributed by atoms with Crippen LogP contribution in [0.15, 0.2) is 12.1 Å². The smallest absolute Gasteiger partial charge is 0.203 e. The Morgan fingerprint density at radius 3 is 2.16 bits per heavy atom. The Morgan fingerprint density at radius 1 is 1.11 bits per heavy atom. The number of rotatable bonds is 7. The van der Waals surface area contributed by atoms with Gasteiger partial charge in [0, 0.05) is 26.2 Å². The van der Waals surface area contributed by atoms with Crippen molar-refractivity contribution in [2.45, 2.75) is 6.54 Å². The molecule has 0 bridgehead atoms. The minimum absolute atomic E-state index is 0.636. The lowest BCUT2D eigenvalue weighted by molar-refractivity contribution is 0.321. The summed E-state index contributed by atoms with van der Waals surface area (Å²) in [4.78, 5) is 0. The Labute approximate surface area is 114 Å². The van der Waals surface area contributed by atoms with Crippen molar-refractivity contribution in [1.29, 1.82) is 0 Å². The van der Waals surface area contributed by atoms with Gasteiger partial charge in [-0.1, -0.05) is 0 Å². The van der Waals surface area contributed by atoms with Crippen molar-refractivity contribution in [2.75, 3.05) is 41.0 Å². The van der Waals surface area contributed by atoms with Crippen LogP contribution in [0.25, 0.3) is 0 Å². The zero-order valence-electron chi connectivity index (χ0n) is 11.8. The van der Waals surface area contributed by atoms with Gasteiger partial charge in [0.15, 0.2) is 11.5 Å². The average Bonchev–Trinajstić information content (AvgIpc) is 2.40. The van der Waals surface area contributed by atoms with E-state index in [1.165, 1.54) is 0 Å². The molecule has 2 rings (SSSR count). The van der Waals surface area contributed by atoms with Gasteiger partial charge in [0.05, 0.1) is 21.3 Å². The Bertz CT molecular complexity index is 394. The lowest BCUT2D eigenvalue weighted by Gasteiger charge is -2.27. The minimum atomic E-state index is 0.636. The highest BCUT2D eigenvalue weighted by molar-refractivity contribution is 5.53. The third kappa shape index (κ3) is 3.30. The maximum absolute atomic E-state index is 5.34. The number of hydrogen-bond donors (Lipinski definition) is 2. The molecule has 1 aliphatic heterocycles. The first-order chi connectivity index (χ1) is 9.28. The molecular weight excluding hydrogens is 244 g/mol.